The molecule has 1 heterocycles. The van der Waals surface area contributed by atoms with Crippen molar-refractivity contribution in [3.63, 3.8) is 0 Å². The summed E-state index contributed by atoms with van der Waals surface area (Å²) in [5.74, 6) is 0.717. The van der Waals surface area contributed by atoms with Crippen LogP contribution in [-0.2, 0) is 13.0 Å². The summed E-state index contributed by atoms with van der Waals surface area (Å²) in [6.07, 6.45) is 3.00. The quantitative estimate of drug-likeness (QED) is 0.875. The lowest BCUT2D eigenvalue weighted by atomic mass is 9.87. The van der Waals surface area contributed by atoms with Gasteiger partial charge in [0, 0.05) is 18.7 Å². The van der Waals surface area contributed by atoms with Crippen LogP contribution in [-0.4, -0.2) is 34.3 Å². The van der Waals surface area contributed by atoms with Crippen LogP contribution in [0.1, 0.15) is 47.0 Å². The molecule has 3 rings (SSSR count). The van der Waals surface area contributed by atoms with Crippen LogP contribution in [0.5, 0.6) is 0 Å². The molecule has 0 unspecified atom stereocenters. The normalized spacial score (nSPS) is 16.4. The van der Waals surface area contributed by atoms with Crippen LogP contribution < -0.4 is 5.32 Å². The van der Waals surface area contributed by atoms with Gasteiger partial charge < -0.3 is 19.8 Å². The minimum Gasteiger partial charge on any atom is -0.395 e. The fourth-order valence-corrected chi connectivity index (χ4v) is 3.58. The third kappa shape index (κ3) is 3.69. The predicted molar refractivity (Wildman–Crippen MR) is 94.1 cm³/mol. The first-order chi connectivity index (χ1) is 12.1. The summed E-state index contributed by atoms with van der Waals surface area (Å²) in [5.41, 5.74) is 4.17. The number of fused-ring (bicyclic) bond motifs is 1. The summed E-state index contributed by atoms with van der Waals surface area (Å²) in [6, 6.07) is 8.09. The van der Waals surface area contributed by atoms with Gasteiger partial charge in [-0.05, 0) is 44.2 Å². The van der Waals surface area contributed by atoms with Gasteiger partial charge in [0.2, 0.25) is 0 Å². The van der Waals surface area contributed by atoms with Gasteiger partial charge in [-0.3, -0.25) is 0 Å². The highest BCUT2D eigenvalue weighted by Gasteiger charge is 2.29. The Morgan fingerprint density at radius 2 is 2.20 bits per heavy atom. The first kappa shape index (κ1) is 17.5. The van der Waals surface area contributed by atoms with Gasteiger partial charge in [-0.25, -0.2) is 4.79 Å². The summed E-state index contributed by atoms with van der Waals surface area (Å²) >= 11 is 0. The Balaban J connectivity index is 1.76. The lowest BCUT2D eigenvalue weighted by molar-refractivity contribution is 0.144. The van der Waals surface area contributed by atoms with E-state index in [0.717, 1.165) is 36.3 Å². The van der Waals surface area contributed by atoms with Crippen LogP contribution >= 0.6 is 0 Å². The molecular formula is C19H25N3O3. The van der Waals surface area contributed by atoms with E-state index in [2.05, 4.69) is 22.6 Å². The molecule has 6 heteroatoms. The smallest absolute Gasteiger partial charge is 0.318 e. The minimum atomic E-state index is -0.171. The van der Waals surface area contributed by atoms with Gasteiger partial charge in [-0.2, -0.15) is 0 Å². The topological polar surface area (TPSA) is 78.6 Å². The average Bonchev–Trinajstić information content (AvgIpc) is 2.95. The molecule has 1 aromatic heterocycles. The van der Waals surface area contributed by atoms with Crippen molar-refractivity contribution in [1.82, 2.24) is 15.4 Å². The van der Waals surface area contributed by atoms with E-state index in [1.165, 1.54) is 11.1 Å². The zero-order valence-electron chi connectivity index (χ0n) is 14.8. The van der Waals surface area contributed by atoms with Gasteiger partial charge >= 0.3 is 6.03 Å². The van der Waals surface area contributed by atoms with Crippen LogP contribution in [0.15, 0.2) is 28.8 Å². The maximum atomic E-state index is 12.8. The molecular weight excluding hydrogens is 318 g/mol. The number of aliphatic hydroxyl groups excluding tert-OH is 1. The van der Waals surface area contributed by atoms with E-state index in [-0.39, 0.29) is 18.7 Å². The Morgan fingerprint density at radius 3 is 2.92 bits per heavy atom. The third-order valence-electron chi connectivity index (χ3n) is 4.91. The molecule has 2 N–H and O–H groups in total. The Morgan fingerprint density at radius 1 is 1.40 bits per heavy atom. The lowest BCUT2D eigenvalue weighted by Gasteiger charge is -2.35. The number of amides is 2. The van der Waals surface area contributed by atoms with Crippen LogP contribution in [0, 0.1) is 13.8 Å². The summed E-state index contributed by atoms with van der Waals surface area (Å²) in [5, 5.41) is 16.3. The summed E-state index contributed by atoms with van der Waals surface area (Å²) in [6.45, 7) is 4.32. The molecule has 0 radical (unpaired) electrons. The molecule has 0 bridgehead atoms. The van der Waals surface area contributed by atoms with Crippen molar-refractivity contribution in [1.29, 1.82) is 0 Å². The lowest BCUT2D eigenvalue weighted by Crippen LogP contribution is -2.44. The molecule has 2 aromatic rings. The van der Waals surface area contributed by atoms with Gasteiger partial charge in [-0.15, -0.1) is 0 Å². The van der Waals surface area contributed by atoms with Crippen molar-refractivity contribution < 1.29 is 14.4 Å². The summed E-state index contributed by atoms with van der Waals surface area (Å²) in [4.78, 5) is 14.6. The first-order valence-corrected chi connectivity index (χ1v) is 8.76. The number of aliphatic hydroxyl groups is 1. The number of hydrogen-bond donors (Lipinski definition) is 2. The SMILES string of the molecule is Cc1noc(C)c1CNC(=O)N(CCO)[C@@H]1CCCc2ccccc21. The molecule has 2 amide bonds. The Bertz CT molecular complexity index is 722. The number of aryl methyl sites for hydroxylation is 3. The summed E-state index contributed by atoms with van der Waals surface area (Å²) in [7, 11) is 0. The Kier molecular flexibility index (Phi) is 5.38. The number of carbonyl (C=O) groups is 1. The second-order valence-corrected chi connectivity index (χ2v) is 6.49. The predicted octanol–water partition coefficient (Wildman–Crippen LogP) is 2.87. The fourth-order valence-electron chi connectivity index (χ4n) is 3.58. The van der Waals surface area contributed by atoms with Gasteiger partial charge in [0.25, 0.3) is 0 Å². The van der Waals surface area contributed by atoms with Crippen molar-refractivity contribution in [3.05, 3.63) is 52.4 Å². The Hall–Kier alpha value is -2.34. The molecule has 0 aliphatic heterocycles. The number of nitrogens with zero attached hydrogens (tertiary/aromatic N) is 2. The van der Waals surface area contributed by atoms with E-state index in [9.17, 15) is 9.90 Å². The number of carbonyl (C=O) groups excluding carboxylic acids is 1. The maximum absolute atomic E-state index is 12.8. The molecule has 1 aliphatic rings. The highest BCUT2D eigenvalue weighted by molar-refractivity contribution is 5.75. The zero-order chi connectivity index (χ0) is 17.8. The van der Waals surface area contributed by atoms with Gasteiger partial charge in [0.05, 0.1) is 18.3 Å². The third-order valence-corrected chi connectivity index (χ3v) is 4.91. The number of rotatable bonds is 5. The van der Waals surface area contributed by atoms with Gasteiger partial charge in [0.15, 0.2) is 0 Å². The molecule has 1 aliphatic carbocycles. The highest BCUT2D eigenvalue weighted by atomic mass is 16.5. The van der Waals surface area contributed by atoms with Crippen molar-refractivity contribution in [2.75, 3.05) is 13.2 Å². The molecule has 134 valence electrons. The Labute approximate surface area is 147 Å². The maximum Gasteiger partial charge on any atom is 0.318 e. The minimum absolute atomic E-state index is 0.00164. The number of aromatic nitrogens is 1. The standard InChI is InChI=1S/C19H25N3O3/c1-13-17(14(2)25-21-13)12-20-19(24)22(10-11-23)18-9-5-7-15-6-3-4-8-16(15)18/h3-4,6,8,18,23H,5,7,9-12H2,1-2H3,(H,20,24)/t18-/m1/s1. The van der Waals surface area contributed by atoms with E-state index >= 15 is 0 Å². The van der Waals surface area contributed by atoms with Crippen molar-refractivity contribution in [3.8, 4) is 0 Å². The second-order valence-electron chi connectivity index (χ2n) is 6.49. The molecule has 25 heavy (non-hydrogen) atoms. The second kappa shape index (κ2) is 7.70. The van der Waals surface area contributed by atoms with Gasteiger partial charge in [0.1, 0.15) is 5.76 Å². The van der Waals surface area contributed by atoms with Gasteiger partial charge in [-0.1, -0.05) is 29.4 Å². The van der Waals surface area contributed by atoms with Crippen molar-refractivity contribution in [2.24, 2.45) is 0 Å². The van der Waals surface area contributed by atoms with E-state index in [4.69, 9.17) is 4.52 Å². The fraction of sp³-hybridized carbons (Fsp3) is 0.474. The molecule has 1 atom stereocenters. The monoisotopic (exact) mass is 343 g/mol. The molecule has 0 saturated carbocycles. The molecule has 0 fully saturated rings. The molecule has 1 aromatic carbocycles. The van der Waals surface area contributed by atoms with E-state index in [0.29, 0.717) is 13.1 Å². The van der Waals surface area contributed by atoms with Crippen LogP contribution in [0.25, 0.3) is 0 Å². The number of nitrogens with one attached hydrogen (secondary N) is 1. The average molecular weight is 343 g/mol. The van der Waals surface area contributed by atoms with E-state index in [1.54, 1.807) is 4.90 Å². The van der Waals surface area contributed by atoms with Crippen LogP contribution in [0.3, 0.4) is 0 Å². The zero-order valence-corrected chi connectivity index (χ0v) is 14.8. The van der Waals surface area contributed by atoms with E-state index < -0.39 is 0 Å². The van der Waals surface area contributed by atoms with Crippen molar-refractivity contribution >= 4 is 6.03 Å². The van der Waals surface area contributed by atoms with Crippen molar-refractivity contribution in [2.45, 2.75) is 45.7 Å². The van der Waals surface area contributed by atoms with E-state index in [1.807, 2.05) is 26.0 Å². The number of urea groups is 1. The van der Waals surface area contributed by atoms with Crippen LogP contribution in [0.4, 0.5) is 4.79 Å². The molecule has 0 saturated heterocycles. The van der Waals surface area contributed by atoms with Crippen LogP contribution in [0.2, 0.25) is 0 Å². The largest absolute Gasteiger partial charge is 0.395 e. The highest BCUT2D eigenvalue weighted by Crippen LogP contribution is 2.34. The molecule has 0 spiro atoms. The molecule has 6 nitrogen and oxygen atoms in total. The first-order valence-electron chi connectivity index (χ1n) is 8.76. The number of benzene rings is 1. The number of hydrogen-bond acceptors (Lipinski definition) is 4. The summed E-state index contributed by atoms with van der Waals surface area (Å²) < 4.78 is 5.14.